The summed E-state index contributed by atoms with van der Waals surface area (Å²) >= 11 is 0. The van der Waals surface area contributed by atoms with Crippen molar-refractivity contribution in [3.8, 4) is 0 Å². The van der Waals surface area contributed by atoms with E-state index in [1.54, 1.807) is 36.1 Å². The Bertz CT molecular complexity index is 668. The Kier molecular flexibility index (Phi) is 6.33. The zero-order valence-corrected chi connectivity index (χ0v) is 14.5. The number of nitrogens with one attached hydrogen (secondary N) is 2. The van der Waals surface area contributed by atoms with Gasteiger partial charge in [0.05, 0.1) is 12.3 Å². The van der Waals surface area contributed by atoms with Gasteiger partial charge in [-0.3, -0.25) is 9.59 Å². The first-order valence-electron chi connectivity index (χ1n) is 8.02. The van der Waals surface area contributed by atoms with Gasteiger partial charge in [0.25, 0.3) is 5.91 Å². The van der Waals surface area contributed by atoms with Crippen molar-refractivity contribution in [2.75, 3.05) is 25.4 Å². The minimum Gasteiger partial charge on any atom is -0.343 e. The number of hydrogen-bond acceptors (Lipinski definition) is 4. The van der Waals surface area contributed by atoms with E-state index in [9.17, 15) is 18.0 Å². The lowest BCUT2D eigenvalue weighted by atomic mass is 10.1. The number of amides is 2. The van der Waals surface area contributed by atoms with Crippen molar-refractivity contribution in [1.82, 2.24) is 14.9 Å². The molecule has 0 saturated carbocycles. The summed E-state index contributed by atoms with van der Waals surface area (Å²) in [5.74, 6) is -0.386. The highest BCUT2D eigenvalue weighted by molar-refractivity contribution is 7.89. The molecule has 0 aromatic heterocycles. The molecule has 2 amide bonds. The second kappa shape index (κ2) is 8.25. The van der Waals surface area contributed by atoms with Gasteiger partial charge in [-0.15, -0.1) is 0 Å². The lowest BCUT2D eigenvalue weighted by Crippen LogP contribution is -2.49. The summed E-state index contributed by atoms with van der Waals surface area (Å²) in [6.45, 7) is 2.50. The number of likely N-dealkylation sites (tertiary alicyclic amines) is 1. The second-order valence-electron chi connectivity index (χ2n) is 5.73. The van der Waals surface area contributed by atoms with Crippen LogP contribution in [0.4, 0.5) is 0 Å². The molecule has 1 aliphatic heterocycles. The Labute approximate surface area is 142 Å². The minimum absolute atomic E-state index is 0.0532. The van der Waals surface area contributed by atoms with Crippen molar-refractivity contribution in [1.29, 1.82) is 0 Å². The number of piperidine rings is 1. The molecular formula is C16H23N3O4S. The van der Waals surface area contributed by atoms with E-state index in [1.165, 1.54) is 0 Å². The number of nitrogens with zero attached hydrogens (tertiary/aromatic N) is 1. The maximum absolute atomic E-state index is 12.2. The molecule has 1 aromatic carbocycles. The first kappa shape index (κ1) is 18.4. The molecule has 2 N–H and O–H groups in total. The van der Waals surface area contributed by atoms with E-state index < -0.39 is 10.0 Å². The Morgan fingerprint density at radius 1 is 1.17 bits per heavy atom. The molecule has 1 aliphatic rings. The SMILES string of the molecule is CCS(=O)(=O)NC1CCN(C(=O)CNC(=O)c2ccccc2)CC1. The molecular weight excluding hydrogens is 330 g/mol. The third-order valence-corrected chi connectivity index (χ3v) is 5.46. The van der Waals surface area contributed by atoms with Crippen molar-refractivity contribution >= 4 is 21.8 Å². The predicted molar refractivity (Wildman–Crippen MR) is 91.0 cm³/mol. The van der Waals surface area contributed by atoms with Crippen LogP contribution in [-0.4, -0.2) is 56.6 Å². The van der Waals surface area contributed by atoms with Gasteiger partial charge in [0.15, 0.2) is 0 Å². The number of sulfonamides is 1. The summed E-state index contributed by atoms with van der Waals surface area (Å²) < 4.78 is 25.8. The Balaban J connectivity index is 1.76. The van der Waals surface area contributed by atoms with E-state index in [2.05, 4.69) is 10.0 Å². The second-order valence-corrected chi connectivity index (χ2v) is 7.77. The van der Waals surface area contributed by atoms with Gasteiger partial charge in [0.2, 0.25) is 15.9 Å². The first-order valence-corrected chi connectivity index (χ1v) is 9.67. The van der Waals surface area contributed by atoms with Crippen molar-refractivity contribution < 1.29 is 18.0 Å². The van der Waals surface area contributed by atoms with Crippen LogP contribution in [0.25, 0.3) is 0 Å². The highest BCUT2D eigenvalue weighted by Crippen LogP contribution is 2.11. The van der Waals surface area contributed by atoms with Gasteiger partial charge < -0.3 is 10.2 Å². The zero-order chi connectivity index (χ0) is 17.6. The number of hydrogen-bond donors (Lipinski definition) is 2. The van der Waals surface area contributed by atoms with Crippen LogP contribution in [0.5, 0.6) is 0 Å². The molecule has 132 valence electrons. The molecule has 0 spiro atoms. The van der Waals surface area contributed by atoms with Crippen LogP contribution >= 0.6 is 0 Å². The fraction of sp³-hybridized carbons (Fsp3) is 0.500. The molecule has 2 rings (SSSR count). The van der Waals surface area contributed by atoms with Crippen molar-refractivity contribution in [2.24, 2.45) is 0 Å². The van der Waals surface area contributed by atoms with E-state index in [0.717, 1.165) is 0 Å². The summed E-state index contributed by atoms with van der Waals surface area (Å²) in [5.41, 5.74) is 0.512. The third-order valence-electron chi connectivity index (χ3n) is 4.01. The monoisotopic (exact) mass is 353 g/mol. The van der Waals surface area contributed by atoms with Gasteiger partial charge in [-0.1, -0.05) is 18.2 Å². The lowest BCUT2D eigenvalue weighted by Gasteiger charge is -2.32. The Morgan fingerprint density at radius 2 is 1.79 bits per heavy atom. The lowest BCUT2D eigenvalue weighted by molar-refractivity contribution is -0.131. The Hall–Kier alpha value is -1.93. The number of rotatable bonds is 6. The number of carbonyl (C=O) groups excluding carboxylic acids is 2. The molecule has 0 aliphatic carbocycles. The standard InChI is InChI=1S/C16H23N3O4S/c1-2-24(22,23)18-14-8-10-19(11-9-14)15(20)12-17-16(21)13-6-4-3-5-7-13/h3-7,14,18H,2,8-12H2,1H3,(H,17,21). The van der Waals surface area contributed by atoms with Crippen LogP contribution < -0.4 is 10.0 Å². The summed E-state index contributed by atoms with van der Waals surface area (Å²) in [6, 6.07) is 8.59. The van der Waals surface area contributed by atoms with Crippen molar-refractivity contribution in [2.45, 2.75) is 25.8 Å². The summed E-state index contributed by atoms with van der Waals surface area (Å²) in [7, 11) is -3.22. The maximum atomic E-state index is 12.2. The zero-order valence-electron chi connectivity index (χ0n) is 13.7. The molecule has 24 heavy (non-hydrogen) atoms. The summed E-state index contributed by atoms with van der Waals surface area (Å²) in [5, 5.41) is 2.61. The predicted octanol–water partition coefficient (Wildman–Crippen LogP) is 0.347. The molecule has 0 unspecified atom stereocenters. The van der Waals surface area contributed by atoms with Gasteiger partial charge in [0.1, 0.15) is 0 Å². The van der Waals surface area contributed by atoms with Gasteiger partial charge in [-0.2, -0.15) is 0 Å². The molecule has 0 radical (unpaired) electrons. The minimum atomic E-state index is -3.22. The van der Waals surface area contributed by atoms with Crippen LogP contribution in [0.1, 0.15) is 30.1 Å². The third kappa shape index (κ3) is 5.31. The van der Waals surface area contributed by atoms with Gasteiger partial charge in [-0.05, 0) is 31.9 Å². The topological polar surface area (TPSA) is 95.6 Å². The molecule has 0 atom stereocenters. The van der Waals surface area contributed by atoms with Gasteiger partial charge in [0, 0.05) is 24.7 Å². The molecule has 0 bridgehead atoms. The molecule has 1 saturated heterocycles. The van der Waals surface area contributed by atoms with Gasteiger partial charge in [-0.25, -0.2) is 13.1 Å². The maximum Gasteiger partial charge on any atom is 0.251 e. The molecule has 1 aromatic rings. The van der Waals surface area contributed by atoms with Crippen LogP contribution in [0.2, 0.25) is 0 Å². The number of carbonyl (C=O) groups is 2. The fourth-order valence-corrected chi connectivity index (χ4v) is 3.45. The molecule has 1 fully saturated rings. The van der Waals surface area contributed by atoms with Crippen LogP contribution in [-0.2, 0) is 14.8 Å². The average Bonchev–Trinajstić information content (AvgIpc) is 2.60. The average molecular weight is 353 g/mol. The van der Waals surface area contributed by atoms with E-state index in [1.807, 2.05) is 6.07 Å². The molecule has 1 heterocycles. The first-order chi connectivity index (χ1) is 11.4. The highest BCUT2D eigenvalue weighted by Gasteiger charge is 2.25. The quantitative estimate of drug-likeness (QED) is 0.771. The summed E-state index contributed by atoms with van der Waals surface area (Å²) in [4.78, 5) is 25.7. The van der Waals surface area contributed by atoms with Crippen molar-refractivity contribution in [3.63, 3.8) is 0 Å². The van der Waals surface area contributed by atoms with E-state index in [-0.39, 0.29) is 30.2 Å². The van der Waals surface area contributed by atoms with E-state index in [4.69, 9.17) is 0 Å². The molecule has 7 nitrogen and oxygen atoms in total. The van der Waals surface area contributed by atoms with Gasteiger partial charge >= 0.3 is 0 Å². The number of benzene rings is 1. The fourth-order valence-electron chi connectivity index (χ4n) is 2.54. The normalized spacial score (nSPS) is 16.0. The van der Waals surface area contributed by atoms with Crippen LogP contribution in [0.15, 0.2) is 30.3 Å². The van der Waals surface area contributed by atoms with Crippen molar-refractivity contribution in [3.05, 3.63) is 35.9 Å². The van der Waals surface area contributed by atoms with E-state index >= 15 is 0 Å². The van der Waals surface area contributed by atoms with Crippen LogP contribution in [0, 0.1) is 0 Å². The summed E-state index contributed by atoms with van der Waals surface area (Å²) in [6.07, 6.45) is 1.16. The largest absolute Gasteiger partial charge is 0.343 e. The molecule has 8 heteroatoms. The highest BCUT2D eigenvalue weighted by atomic mass is 32.2. The van der Waals surface area contributed by atoms with Crippen LogP contribution in [0.3, 0.4) is 0 Å². The Morgan fingerprint density at radius 3 is 2.38 bits per heavy atom. The van der Waals surface area contributed by atoms with E-state index in [0.29, 0.717) is 31.5 Å². The smallest absolute Gasteiger partial charge is 0.251 e.